The maximum atomic E-state index is 3.57. The molecule has 1 aliphatic carbocycles. The second kappa shape index (κ2) is 4.26. The summed E-state index contributed by atoms with van der Waals surface area (Å²) in [6.45, 7) is 9.26. The predicted octanol–water partition coefficient (Wildman–Crippen LogP) is 3.27. The molecule has 1 heterocycles. The average Bonchev–Trinajstić information content (AvgIpc) is 2.68. The molecule has 2 heteroatoms. The van der Waals surface area contributed by atoms with Crippen molar-refractivity contribution in [1.82, 2.24) is 5.32 Å². The van der Waals surface area contributed by atoms with Crippen molar-refractivity contribution in [2.24, 2.45) is 11.8 Å². The average molecular weight is 223 g/mol. The topological polar surface area (TPSA) is 12.0 Å². The standard InChI is InChI=1S/C13H21NS/c1-10(2)8-14-9-11-7-13(11,3)12-5-4-6-15-12/h4-6,10-11,14H,7-9H2,1-3H3/t11-,13-/m1/s1. The highest BCUT2D eigenvalue weighted by molar-refractivity contribution is 7.10. The highest BCUT2D eigenvalue weighted by Crippen LogP contribution is 2.54. The van der Waals surface area contributed by atoms with Gasteiger partial charge in [0.05, 0.1) is 0 Å². The monoisotopic (exact) mass is 223 g/mol. The van der Waals surface area contributed by atoms with Crippen LogP contribution < -0.4 is 5.32 Å². The van der Waals surface area contributed by atoms with E-state index in [9.17, 15) is 0 Å². The molecule has 1 nitrogen and oxygen atoms in total. The molecule has 1 N–H and O–H groups in total. The normalized spacial score (nSPS) is 29.7. The van der Waals surface area contributed by atoms with Gasteiger partial charge in [0.25, 0.3) is 0 Å². The van der Waals surface area contributed by atoms with Crippen molar-refractivity contribution in [1.29, 1.82) is 0 Å². The van der Waals surface area contributed by atoms with Gasteiger partial charge in [-0.2, -0.15) is 0 Å². The van der Waals surface area contributed by atoms with E-state index in [1.165, 1.54) is 13.0 Å². The lowest BCUT2D eigenvalue weighted by Crippen LogP contribution is -2.24. The van der Waals surface area contributed by atoms with Crippen molar-refractivity contribution >= 4 is 11.3 Å². The Morgan fingerprint density at radius 3 is 3.00 bits per heavy atom. The molecule has 84 valence electrons. The van der Waals surface area contributed by atoms with E-state index in [-0.39, 0.29) is 0 Å². The Kier molecular flexibility index (Phi) is 3.17. The third kappa shape index (κ3) is 2.43. The van der Waals surface area contributed by atoms with E-state index in [0.717, 1.165) is 18.4 Å². The van der Waals surface area contributed by atoms with Gasteiger partial charge in [-0.3, -0.25) is 0 Å². The van der Waals surface area contributed by atoms with Crippen molar-refractivity contribution in [2.45, 2.75) is 32.6 Å². The minimum Gasteiger partial charge on any atom is -0.316 e. The van der Waals surface area contributed by atoms with Crippen LogP contribution in [0.5, 0.6) is 0 Å². The molecule has 0 bridgehead atoms. The lowest BCUT2D eigenvalue weighted by atomic mass is 10.0. The van der Waals surface area contributed by atoms with Crippen molar-refractivity contribution in [2.75, 3.05) is 13.1 Å². The molecule has 0 amide bonds. The van der Waals surface area contributed by atoms with Gasteiger partial charge in [-0.15, -0.1) is 11.3 Å². The number of hydrogen-bond acceptors (Lipinski definition) is 2. The van der Waals surface area contributed by atoms with E-state index in [1.54, 1.807) is 4.88 Å². The van der Waals surface area contributed by atoms with Gasteiger partial charge in [0.2, 0.25) is 0 Å². The van der Waals surface area contributed by atoms with Crippen molar-refractivity contribution < 1.29 is 0 Å². The fraction of sp³-hybridized carbons (Fsp3) is 0.692. The second-order valence-corrected chi connectivity index (χ2v) is 6.30. The third-order valence-electron chi connectivity index (χ3n) is 3.44. The lowest BCUT2D eigenvalue weighted by Gasteiger charge is -2.10. The van der Waals surface area contributed by atoms with Gasteiger partial charge in [0.1, 0.15) is 0 Å². The molecule has 0 spiro atoms. The zero-order valence-corrected chi connectivity index (χ0v) is 10.7. The first kappa shape index (κ1) is 11.2. The number of nitrogens with one attached hydrogen (secondary N) is 1. The van der Waals surface area contributed by atoms with E-state index in [2.05, 4.69) is 43.6 Å². The van der Waals surface area contributed by atoms with Gasteiger partial charge in [-0.1, -0.05) is 26.8 Å². The molecule has 1 saturated carbocycles. The first-order valence-corrected chi connectivity index (χ1v) is 6.75. The van der Waals surface area contributed by atoms with Gasteiger partial charge in [-0.05, 0) is 42.8 Å². The molecule has 1 aromatic rings. The van der Waals surface area contributed by atoms with Crippen LogP contribution in [0.1, 0.15) is 32.1 Å². The van der Waals surface area contributed by atoms with Gasteiger partial charge in [0, 0.05) is 10.3 Å². The van der Waals surface area contributed by atoms with Crippen LogP contribution in [-0.2, 0) is 5.41 Å². The van der Waals surface area contributed by atoms with E-state index < -0.39 is 0 Å². The molecule has 0 aliphatic heterocycles. The molecular weight excluding hydrogens is 202 g/mol. The summed E-state index contributed by atoms with van der Waals surface area (Å²) in [5.74, 6) is 1.62. The molecule has 1 aliphatic rings. The Bertz CT molecular complexity index is 304. The van der Waals surface area contributed by atoms with Crippen LogP contribution >= 0.6 is 11.3 Å². The summed E-state index contributed by atoms with van der Waals surface area (Å²) in [7, 11) is 0. The highest BCUT2D eigenvalue weighted by Gasteiger charge is 2.51. The minimum absolute atomic E-state index is 0.484. The molecule has 0 unspecified atom stereocenters. The summed E-state index contributed by atoms with van der Waals surface area (Å²) in [5, 5.41) is 5.76. The van der Waals surface area contributed by atoms with Crippen LogP contribution in [-0.4, -0.2) is 13.1 Å². The summed E-state index contributed by atoms with van der Waals surface area (Å²) < 4.78 is 0. The molecule has 1 fully saturated rings. The van der Waals surface area contributed by atoms with Crippen molar-refractivity contribution in [3.63, 3.8) is 0 Å². The van der Waals surface area contributed by atoms with Crippen LogP contribution in [0, 0.1) is 11.8 Å². The first-order chi connectivity index (χ1) is 7.13. The lowest BCUT2D eigenvalue weighted by molar-refractivity contribution is 0.517. The van der Waals surface area contributed by atoms with Gasteiger partial charge >= 0.3 is 0 Å². The second-order valence-electron chi connectivity index (χ2n) is 5.35. The van der Waals surface area contributed by atoms with Gasteiger partial charge < -0.3 is 5.32 Å². The maximum Gasteiger partial charge on any atom is 0.0108 e. The minimum atomic E-state index is 0.484. The Hall–Kier alpha value is -0.340. The Labute approximate surface area is 96.9 Å². The third-order valence-corrected chi connectivity index (χ3v) is 4.59. The summed E-state index contributed by atoms with van der Waals surface area (Å²) >= 11 is 1.91. The molecule has 2 atom stereocenters. The predicted molar refractivity (Wildman–Crippen MR) is 67.5 cm³/mol. The largest absolute Gasteiger partial charge is 0.316 e. The number of thiophene rings is 1. The fourth-order valence-electron chi connectivity index (χ4n) is 2.20. The molecule has 0 saturated heterocycles. The van der Waals surface area contributed by atoms with E-state index in [0.29, 0.717) is 5.41 Å². The van der Waals surface area contributed by atoms with Crippen LogP contribution in [0.4, 0.5) is 0 Å². The number of hydrogen-bond donors (Lipinski definition) is 1. The Morgan fingerprint density at radius 2 is 2.40 bits per heavy atom. The van der Waals surface area contributed by atoms with Gasteiger partial charge in [-0.25, -0.2) is 0 Å². The maximum absolute atomic E-state index is 3.57. The molecule has 0 radical (unpaired) electrons. The van der Waals surface area contributed by atoms with E-state index in [1.807, 2.05) is 11.3 Å². The molecule has 1 aromatic heterocycles. The summed E-state index contributed by atoms with van der Waals surface area (Å²) in [4.78, 5) is 1.57. The van der Waals surface area contributed by atoms with Crippen LogP contribution in [0.15, 0.2) is 17.5 Å². The zero-order valence-electron chi connectivity index (χ0n) is 9.92. The molecule has 2 rings (SSSR count). The van der Waals surface area contributed by atoms with Crippen LogP contribution in [0.3, 0.4) is 0 Å². The van der Waals surface area contributed by atoms with Crippen molar-refractivity contribution in [3.05, 3.63) is 22.4 Å². The SMILES string of the molecule is CC(C)CNC[C@H]1C[C@@]1(C)c1cccs1. The summed E-state index contributed by atoms with van der Waals surface area (Å²) in [6.07, 6.45) is 1.36. The van der Waals surface area contributed by atoms with Crippen molar-refractivity contribution in [3.8, 4) is 0 Å². The Balaban J connectivity index is 1.80. The van der Waals surface area contributed by atoms with Crippen LogP contribution in [0.25, 0.3) is 0 Å². The molecule has 0 aromatic carbocycles. The molecular formula is C13H21NS. The fourth-order valence-corrected chi connectivity index (χ4v) is 3.18. The molecule has 15 heavy (non-hydrogen) atoms. The smallest absolute Gasteiger partial charge is 0.0108 e. The van der Waals surface area contributed by atoms with E-state index >= 15 is 0 Å². The first-order valence-electron chi connectivity index (χ1n) is 5.87. The summed E-state index contributed by atoms with van der Waals surface area (Å²) in [5.41, 5.74) is 0.484. The van der Waals surface area contributed by atoms with Crippen LogP contribution in [0.2, 0.25) is 0 Å². The summed E-state index contributed by atoms with van der Waals surface area (Å²) in [6, 6.07) is 4.45. The number of rotatable bonds is 5. The van der Waals surface area contributed by atoms with E-state index in [4.69, 9.17) is 0 Å². The highest BCUT2D eigenvalue weighted by atomic mass is 32.1. The zero-order chi connectivity index (χ0) is 10.9. The van der Waals surface area contributed by atoms with Gasteiger partial charge in [0.15, 0.2) is 0 Å². The quantitative estimate of drug-likeness (QED) is 0.808. The Morgan fingerprint density at radius 1 is 1.60 bits per heavy atom.